The van der Waals surface area contributed by atoms with Gasteiger partial charge in [-0.05, 0) is 36.1 Å². The van der Waals surface area contributed by atoms with E-state index in [-0.39, 0.29) is 18.3 Å². The van der Waals surface area contributed by atoms with Gasteiger partial charge in [0.2, 0.25) is 5.82 Å². The van der Waals surface area contributed by atoms with Crippen molar-refractivity contribution in [2.75, 3.05) is 11.6 Å². The number of carbonyl (C=O) groups excluding carboxylic acids is 1. The summed E-state index contributed by atoms with van der Waals surface area (Å²) in [5.41, 5.74) is 1.47. The maximum absolute atomic E-state index is 12.2. The number of hydrogen-bond acceptors (Lipinski definition) is 5. The lowest BCUT2D eigenvalue weighted by molar-refractivity contribution is 0.101. The molecule has 3 rings (SSSR count). The minimum atomic E-state index is -0.710. The second kappa shape index (κ2) is 7.96. The van der Waals surface area contributed by atoms with Crippen LogP contribution >= 0.6 is 11.8 Å². The van der Waals surface area contributed by atoms with Crippen molar-refractivity contribution in [3.8, 4) is 0 Å². The average Bonchev–Trinajstić information content (AvgIpc) is 3.12. The van der Waals surface area contributed by atoms with Crippen LogP contribution in [0, 0.1) is 0 Å². The number of aromatic nitrogens is 3. The van der Waals surface area contributed by atoms with E-state index in [1.165, 1.54) is 11.0 Å². The number of rotatable bonds is 6. The van der Waals surface area contributed by atoms with E-state index in [0.29, 0.717) is 5.69 Å². The van der Waals surface area contributed by atoms with E-state index in [9.17, 15) is 9.90 Å². The number of nitrogens with zero attached hydrogens (tertiary/aromatic N) is 3. The number of thioether (sulfide) groups is 1. The molecule has 6 nitrogen and oxygen atoms in total. The van der Waals surface area contributed by atoms with Crippen LogP contribution < -0.4 is 5.32 Å². The van der Waals surface area contributed by atoms with Gasteiger partial charge in [0.1, 0.15) is 6.33 Å². The molecular weight excluding hydrogens is 336 g/mol. The maximum Gasteiger partial charge on any atom is 0.295 e. The fourth-order valence-electron chi connectivity index (χ4n) is 2.31. The summed E-state index contributed by atoms with van der Waals surface area (Å²) < 4.78 is 1.46. The first kappa shape index (κ1) is 17.2. The Hall–Kier alpha value is -2.64. The van der Waals surface area contributed by atoms with E-state index < -0.39 is 6.10 Å². The molecule has 0 spiro atoms. The zero-order valence-corrected chi connectivity index (χ0v) is 14.5. The molecule has 0 aliphatic rings. The van der Waals surface area contributed by atoms with Gasteiger partial charge in [-0.1, -0.05) is 30.3 Å². The van der Waals surface area contributed by atoms with Crippen molar-refractivity contribution in [3.63, 3.8) is 0 Å². The van der Waals surface area contributed by atoms with Crippen LogP contribution in [0.2, 0.25) is 0 Å². The van der Waals surface area contributed by atoms with Gasteiger partial charge in [-0.25, -0.2) is 9.67 Å². The number of anilines is 1. The summed E-state index contributed by atoms with van der Waals surface area (Å²) in [6, 6.07) is 16.8. The Labute approximate surface area is 149 Å². The van der Waals surface area contributed by atoms with Crippen LogP contribution in [0.25, 0.3) is 0 Å². The van der Waals surface area contributed by atoms with E-state index >= 15 is 0 Å². The molecule has 0 saturated heterocycles. The first-order chi connectivity index (χ1) is 12.2. The Morgan fingerprint density at radius 2 is 1.92 bits per heavy atom. The fraction of sp³-hybridized carbons (Fsp3) is 0.167. The third-order valence-corrected chi connectivity index (χ3v) is 4.38. The number of amides is 1. The SMILES string of the molecule is CSc1ccc(NC(=O)c2ncn(CC(O)c3ccccc3)n2)cc1. The molecule has 1 amide bonds. The quantitative estimate of drug-likeness (QED) is 0.665. The molecular formula is C18H18N4O2S. The van der Waals surface area contributed by atoms with Gasteiger partial charge < -0.3 is 10.4 Å². The zero-order chi connectivity index (χ0) is 17.6. The summed E-state index contributed by atoms with van der Waals surface area (Å²) >= 11 is 1.64. The Morgan fingerprint density at radius 3 is 2.60 bits per heavy atom. The summed E-state index contributed by atoms with van der Waals surface area (Å²) in [6.45, 7) is 0.229. The number of carbonyl (C=O) groups is 1. The van der Waals surface area contributed by atoms with Crippen LogP contribution in [0.1, 0.15) is 22.3 Å². The van der Waals surface area contributed by atoms with Crippen molar-refractivity contribution >= 4 is 23.4 Å². The van der Waals surface area contributed by atoms with E-state index in [2.05, 4.69) is 15.4 Å². The summed E-state index contributed by atoms with van der Waals surface area (Å²) in [5.74, 6) is -0.320. The van der Waals surface area contributed by atoms with Gasteiger partial charge in [0, 0.05) is 10.6 Å². The Morgan fingerprint density at radius 1 is 1.20 bits per heavy atom. The van der Waals surface area contributed by atoms with E-state index in [4.69, 9.17) is 0 Å². The number of benzene rings is 2. The highest BCUT2D eigenvalue weighted by Gasteiger charge is 2.14. The van der Waals surface area contributed by atoms with Crippen molar-refractivity contribution in [3.05, 3.63) is 72.3 Å². The number of aliphatic hydroxyl groups excluding tert-OH is 1. The van der Waals surface area contributed by atoms with Crippen molar-refractivity contribution in [1.29, 1.82) is 0 Å². The predicted octanol–water partition coefficient (Wildman–Crippen LogP) is 2.99. The highest BCUT2D eigenvalue weighted by molar-refractivity contribution is 7.98. The van der Waals surface area contributed by atoms with Gasteiger partial charge >= 0.3 is 0 Å². The van der Waals surface area contributed by atoms with Crippen molar-refractivity contribution < 1.29 is 9.90 Å². The van der Waals surface area contributed by atoms with Gasteiger partial charge in [-0.2, -0.15) is 0 Å². The molecule has 0 radical (unpaired) electrons. The predicted molar refractivity (Wildman–Crippen MR) is 97.6 cm³/mol. The molecule has 1 unspecified atom stereocenters. The van der Waals surface area contributed by atoms with Gasteiger partial charge in [0.25, 0.3) is 5.91 Å². The second-order valence-corrected chi connectivity index (χ2v) is 6.28. The van der Waals surface area contributed by atoms with Crippen LogP contribution in [-0.2, 0) is 6.54 Å². The molecule has 7 heteroatoms. The molecule has 0 saturated carbocycles. The average molecular weight is 354 g/mol. The third-order valence-electron chi connectivity index (χ3n) is 3.63. The first-order valence-electron chi connectivity index (χ1n) is 7.73. The molecule has 3 aromatic rings. The van der Waals surface area contributed by atoms with Crippen LogP contribution in [0.5, 0.6) is 0 Å². The Balaban J connectivity index is 1.63. The maximum atomic E-state index is 12.2. The molecule has 1 aromatic heterocycles. The lowest BCUT2D eigenvalue weighted by Crippen LogP contribution is -2.15. The Bertz CT molecular complexity index is 834. The summed E-state index contributed by atoms with van der Waals surface area (Å²) in [6.07, 6.45) is 2.73. The second-order valence-electron chi connectivity index (χ2n) is 5.40. The first-order valence-corrected chi connectivity index (χ1v) is 8.96. The molecule has 2 aromatic carbocycles. The molecule has 0 fully saturated rings. The molecule has 1 atom stereocenters. The number of aliphatic hydroxyl groups is 1. The lowest BCUT2D eigenvalue weighted by Gasteiger charge is -2.10. The smallest absolute Gasteiger partial charge is 0.295 e. The van der Waals surface area contributed by atoms with Crippen molar-refractivity contribution in [2.45, 2.75) is 17.5 Å². The topological polar surface area (TPSA) is 80.0 Å². The van der Waals surface area contributed by atoms with E-state index in [1.54, 1.807) is 11.8 Å². The molecule has 0 bridgehead atoms. The standard InChI is InChI=1S/C18H18N4O2S/c1-25-15-9-7-14(8-10-15)20-18(24)17-19-12-22(21-17)11-16(23)13-5-3-2-4-6-13/h2-10,12,16,23H,11H2,1H3,(H,20,24). The molecule has 1 heterocycles. The van der Waals surface area contributed by atoms with Crippen LogP contribution in [-0.4, -0.2) is 32.0 Å². The third kappa shape index (κ3) is 4.46. The molecule has 128 valence electrons. The van der Waals surface area contributed by atoms with Gasteiger partial charge in [0.05, 0.1) is 12.6 Å². The van der Waals surface area contributed by atoms with Gasteiger partial charge in [0.15, 0.2) is 0 Å². The largest absolute Gasteiger partial charge is 0.386 e. The summed E-state index contributed by atoms with van der Waals surface area (Å²) in [5, 5.41) is 17.1. The normalized spacial score (nSPS) is 11.9. The monoisotopic (exact) mass is 354 g/mol. The zero-order valence-electron chi connectivity index (χ0n) is 13.7. The number of nitrogens with one attached hydrogen (secondary N) is 1. The fourth-order valence-corrected chi connectivity index (χ4v) is 2.71. The summed E-state index contributed by atoms with van der Waals surface area (Å²) in [4.78, 5) is 17.4. The highest BCUT2D eigenvalue weighted by Crippen LogP contribution is 2.18. The minimum Gasteiger partial charge on any atom is -0.386 e. The molecule has 0 aliphatic carbocycles. The minimum absolute atomic E-state index is 0.0641. The summed E-state index contributed by atoms with van der Waals surface area (Å²) in [7, 11) is 0. The van der Waals surface area contributed by atoms with Crippen LogP contribution in [0.15, 0.2) is 65.8 Å². The van der Waals surface area contributed by atoms with Crippen molar-refractivity contribution in [1.82, 2.24) is 14.8 Å². The van der Waals surface area contributed by atoms with Crippen LogP contribution in [0.4, 0.5) is 5.69 Å². The van der Waals surface area contributed by atoms with E-state index in [1.807, 2.05) is 60.9 Å². The van der Waals surface area contributed by atoms with Crippen molar-refractivity contribution in [2.24, 2.45) is 0 Å². The van der Waals surface area contributed by atoms with E-state index in [0.717, 1.165) is 10.5 Å². The molecule has 0 aliphatic heterocycles. The molecule has 25 heavy (non-hydrogen) atoms. The molecule has 2 N–H and O–H groups in total. The Kier molecular flexibility index (Phi) is 5.47. The van der Waals surface area contributed by atoms with Gasteiger partial charge in [-0.3, -0.25) is 4.79 Å². The van der Waals surface area contributed by atoms with Crippen LogP contribution in [0.3, 0.4) is 0 Å². The number of hydrogen-bond donors (Lipinski definition) is 2. The lowest BCUT2D eigenvalue weighted by atomic mass is 10.1. The van der Waals surface area contributed by atoms with Gasteiger partial charge in [-0.15, -0.1) is 16.9 Å². The highest BCUT2D eigenvalue weighted by atomic mass is 32.2.